The van der Waals surface area contributed by atoms with Crippen LogP contribution < -0.4 is 0 Å². The lowest BCUT2D eigenvalue weighted by Gasteiger charge is -2.08. The molecule has 0 aliphatic rings. The second-order valence-corrected chi connectivity index (χ2v) is 9.99. The van der Waals surface area contributed by atoms with Gasteiger partial charge in [0.15, 0.2) is 17.5 Å². The summed E-state index contributed by atoms with van der Waals surface area (Å²) in [5, 5.41) is 0.371. The Bertz CT molecular complexity index is 2480. The van der Waals surface area contributed by atoms with E-state index in [2.05, 4.69) is 9.97 Å². The number of benzene rings is 6. The highest BCUT2D eigenvalue weighted by Crippen LogP contribution is 2.38. The molecule has 0 fully saturated rings. The summed E-state index contributed by atoms with van der Waals surface area (Å²) in [5.74, 6) is 0.711. The SMILES string of the molecule is [2H]c1c([2H])c(-c2ccc(-c3ccccc3)cc2)c2c(oc3c([2H])c(-c4nc(-c5ccccc5)nc(-c5ccccc5)n4)c([2H])c([2H])c32)c1[2H]. The average Bonchev–Trinajstić information content (AvgIpc) is 3.55. The van der Waals surface area contributed by atoms with Crippen LogP contribution in [-0.4, -0.2) is 15.0 Å². The van der Waals surface area contributed by atoms with E-state index < -0.39 is 0 Å². The van der Waals surface area contributed by atoms with E-state index in [1.165, 1.54) is 0 Å². The van der Waals surface area contributed by atoms with Crippen molar-refractivity contribution in [3.8, 4) is 56.4 Å². The molecule has 4 nitrogen and oxygen atoms in total. The molecule has 0 unspecified atom stereocenters. The summed E-state index contributed by atoms with van der Waals surface area (Å²) in [5.41, 5.74) is 4.20. The molecule has 8 aromatic rings. The van der Waals surface area contributed by atoms with Crippen LogP contribution in [0.25, 0.3) is 78.4 Å². The van der Waals surface area contributed by atoms with Crippen molar-refractivity contribution < 1.29 is 12.6 Å². The number of nitrogens with zero attached hydrogens (tertiary/aromatic N) is 3. The highest BCUT2D eigenvalue weighted by molar-refractivity contribution is 6.13. The number of rotatable bonds is 5. The Balaban J connectivity index is 1.39. The quantitative estimate of drug-likeness (QED) is 0.211. The van der Waals surface area contributed by atoms with Crippen LogP contribution in [0.1, 0.15) is 8.22 Å². The van der Waals surface area contributed by atoms with Crippen molar-refractivity contribution >= 4 is 21.9 Å². The summed E-state index contributed by atoms with van der Waals surface area (Å²) >= 11 is 0. The third-order valence-electron chi connectivity index (χ3n) is 7.28. The Morgan fingerprint density at radius 3 is 1.56 bits per heavy atom. The molecule has 2 heterocycles. The third kappa shape index (κ3) is 4.65. The molecule has 4 heteroatoms. The Morgan fingerprint density at radius 1 is 0.442 bits per heavy atom. The fraction of sp³-hybridized carbons (Fsp3) is 0. The maximum Gasteiger partial charge on any atom is 0.164 e. The molecule has 6 aromatic carbocycles. The predicted molar refractivity (Wildman–Crippen MR) is 174 cm³/mol. The fourth-order valence-electron chi connectivity index (χ4n) is 5.16. The minimum atomic E-state index is -0.337. The highest BCUT2D eigenvalue weighted by Gasteiger charge is 2.16. The second kappa shape index (κ2) is 10.5. The van der Waals surface area contributed by atoms with Crippen LogP contribution in [0.5, 0.6) is 0 Å². The highest BCUT2D eigenvalue weighted by atomic mass is 16.3. The van der Waals surface area contributed by atoms with Crippen molar-refractivity contribution in [3.63, 3.8) is 0 Å². The molecule has 43 heavy (non-hydrogen) atoms. The lowest BCUT2D eigenvalue weighted by atomic mass is 9.96. The van der Waals surface area contributed by atoms with Gasteiger partial charge in [0.1, 0.15) is 11.2 Å². The Kier molecular flexibility index (Phi) is 4.71. The van der Waals surface area contributed by atoms with Gasteiger partial charge in [-0.05, 0) is 40.4 Å². The van der Waals surface area contributed by atoms with Crippen LogP contribution in [0.4, 0.5) is 0 Å². The van der Waals surface area contributed by atoms with E-state index in [4.69, 9.17) is 13.5 Å². The first-order chi connectivity index (χ1) is 23.8. The van der Waals surface area contributed by atoms with Gasteiger partial charge in [-0.3, -0.25) is 0 Å². The van der Waals surface area contributed by atoms with E-state index >= 15 is 0 Å². The van der Waals surface area contributed by atoms with Crippen LogP contribution in [0.2, 0.25) is 0 Å². The van der Waals surface area contributed by atoms with Gasteiger partial charge in [-0.15, -0.1) is 0 Å². The molecule has 0 radical (unpaired) electrons. The zero-order valence-electron chi connectivity index (χ0n) is 28.7. The molecule has 0 bridgehead atoms. The molecule has 0 saturated heterocycles. The zero-order chi connectivity index (χ0) is 33.8. The minimum Gasteiger partial charge on any atom is -0.456 e. The Morgan fingerprint density at radius 2 is 0.953 bits per heavy atom. The monoisotopic (exact) mass is 557 g/mol. The molecule has 0 atom stereocenters. The van der Waals surface area contributed by atoms with E-state index in [1.807, 2.05) is 115 Å². The first-order valence-corrected chi connectivity index (χ1v) is 13.8. The zero-order valence-corrected chi connectivity index (χ0v) is 22.7. The molecular formula is C39H25N3O. The number of aromatic nitrogens is 3. The summed E-state index contributed by atoms with van der Waals surface area (Å²) in [6.07, 6.45) is 0. The summed E-state index contributed by atoms with van der Waals surface area (Å²) in [7, 11) is 0. The van der Waals surface area contributed by atoms with Gasteiger partial charge in [-0.1, -0.05) is 133 Å². The molecule has 0 amide bonds. The molecule has 0 N–H and O–H groups in total. The summed E-state index contributed by atoms with van der Waals surface area (Å²) in [4.78, 5) is 14.1. The van der Waals surface area contributed by atoms with Crippen molar-refractivity contribution in [1.29, 1.82) is 0 Å². The van der Waals surface area contributed by atoms with Crippen molar-refractivity contribution in [2.45, 2.75) is 0 Å². The number of furan rings is 1. The summed E-state index contributed by atoms with van der Waals surface area (Å²) < 4.78 is 60.2. The van der Waals surface area contributed by atoms with Crippen LogP contribution in [0.3, 0.4) is 0 Å². The van der Waals surface area contributed by atoms with Crippen molar-refractivity contribution in [2.24, 2.45) is 0 Å². The van der Waals surface area contributed by atoms with Crippen molar-refractivity contribution in [1.82, 2.24) is 15.0 Å². The Labute approximate surface area is 257 Å². The molecular weight excluding hydrogens is 526 g/mol. The van der Waals surface area contributed by atoms with E-state index in [0.717, 1.165) is 11.1 Å². The second-order valence-electron chi connectivity index (χ2n) is 9.99. The van der Waals surface area contributed by atoms with Crippen LogP contribution in [0, 0.1) is 0 Å². The molecule has 0 saturated carbocycles. The van der Waals surface area contributed by atoms with Crippen LogP contribution >= 0.6 is 0 Å². The van der Waals surface area contributed by atoms with Gasteiger partial charge >= 0.3 is 0 Å². The standard InChI is InChI=1S/C39H25N3O/c1-4-11-26(12-5-1)27-19-21-28(22-20-27)32-17-10-18-34-36(32)33-24-23-31(25-35(33)43-34)39-41-37(29-13-6-2-7-14-29)40-38(42-39)30-15-8-3-9-16-30/h1-25H/i10D,17D,18D,23D,24D,25D. The predicted octanol–water partition coefficient (Wildman–Crippen LogP) is 10.1. The van der Waals surface area contributed by atoms with E-state index in [1.54, 1.807) is 0 Å². The Hall–Kier alpha value is -5.87. The first-order valence-electron chi connectivity index (χ1n) is 16.8. The van der Waals surface area contributed by atoms with Crippen LogP contribution in [0.15, 0.2) is 156 Å². The number of fused-ring (bicyclic) bond motifs is 3. The van der Waals surface area contributed by atoms with E-state index in [-0.39, 0.29) is 69.6 Å². The van der Waals surface area contributed by atoms with Crippen molar-refractivity contribution in [3.05, 3.63) is 152 Å². The van der Waals surface area contributed by atoms with Gasteiger partial charge in [0.2, 0.25) is 0 Å². The van der Waals surface area contributed by atoms with E-state index in [0.29, 0.717) is 33.9 Å². The molecule has 0 aliphatic heterocycles. The van der Waals surface area contributed by atoms with Crippen LogP contribution in [-0.2, 0) is 0 Å². The molecule has 0 spiro atoms. The minimum absolute atomic E-state index is 0.0224. The molecule has 0 aliphatic carbocycles. The molecule has 202 valence electrons. The smallest absolute Gasteiger partial charge is 0.164 e. The number of hydrogen-bond acceptors (Lipinski definition) is 4. The van der Waals surface area contributed by atoms with Gasteiger partial charge in [0, 0.05) is 27.5 Å². The summed E-state index contributed by atoms with van der Waals surface area (Å²) in [6.45, 7) is 0. The van der Waals surface area contributed by atoms with Gasteiger partial charge in [0.25, 0.3) is 0 Å². The summed E-state index contributed by atoms with van der Waals surface area (Å²) in [6, 6.07) is 34.3. The van der Waals surface area contributed by atoms with Gasteiger partial charge < -0.3 is 4.42 Å². The maximum absolute atomic E-state index is 9.32. The lowest BCUT2D eigenvalue weighted by molar-refractivity contribution is 0.669. The molecule has 2 aromatic heterocycles. The van der Waals surface area contributed by atoms with Gasteiger partial charge in [0.05, 0.1) is 8.22 Å². The van der Waals surface area contributed by atoms with Gasteiger partial charge in [-0.2, -0.15) is 0 Å². The van der Waals surface area contributed by atoms with Gasteiger partial charge in [-0.25, -0.2) is 15.0 Å². The first kappa shape index (κ1) is 19.3. The maximum atomic E-state index is 9.32. The lowest BCUT2D eigenvalue weighted by Crippen LogP contribution is -2.00. The fourth-order valence-corrected chi connectivity index (χ4v) is 5.16. The van der Waals surface area contributed by atoms with Crippen molar-refractivity contribution in [2.75, 3.05) is 0 Å². The third-order valence-corrected chi connectivity index (χ3v) is 7.28. The average molecular weight is 558 g/mol. The number of hydrogen-bond donors (Lipinski definition) is 0. The van der Waals surface area contributed by atoms with E-state index in [9.17, 15) is 4.11 Å². The largest absolute Gasteiger partial charge is 0.456 e. The normalized spacial score (nSPS) is 13.2. The molecule has 8 rings (SSSR count). The topological polar surface area (TPSA) is 51.8 Å².